The van der Waals surface area contributed by atoms with Crippen molar-refractivity contribution in [2.24, 2.45) is 5.10 Å². The van der Waals surface area contributed by atoms with Crippen molar-refractivity contribution in [2.75, 3.05) is 13.7 Å². The van der Waals surface area contributed by atoms with Gasteiger partial charge >= 0.3 is 0 Å². The summed E-state index contributed by atoms with van der Waals surface area (Å²) >= 11 is 0. The van der Waals surface area contributed by atoms with Crippen molar-refractivity contribution in [3.05, 3.63) is 65.9 Å². The van der Waals surface area contributed by atoms with E-state index in [2.05, 4.69) is 20.7 Å². The predicted molar refractivity (Wildman–Crippen MR) is 103 cm³/mol. The number of ether oxygens (including phenoxy) is 2. The van der Waals surface area contributed by atoms with Crippen molar-refractivity contribution in [3.8, 4) is 22.8 Å². The third-order valence-corrected chi connectivity index (χ3v) is 3.76. The third-order valence-electron chi connectivity index (χ3n) is 3.76. The molecule has 0 aliphatic rings. The van der Waals surface area contributed by atoms with E-state index in [-0.39, 0.29) is 5.91 Å². The highest BCUT2D eigenvalue weighted by Gasteiger charge is 2.11. The van der Waals surface area contributed by atoms with Crippen LogP contribution in [0.2, 0.25) is 0 Å². The van der Waals surface area contributed by atoms with Crippen molar-refractivity contribution in [2.45, 2.75) is 6.92 Å². The van der Waals surface area contributed by atoms with Gasteiger partial charge in [0.1, 0.15) is 17.2 Å². The van der Waals surface area contributed by atoms with Gasteiger partial charge in [-0.05, 0) is 55.0 Å². The topological polar surface area (TPSA) is 88.6 Å². The second kappa shape index (κ2) is 8.66. The quantitative estimate of drug-likeness (QED) is 0.497. The molecule has 0 aliphatic carbocycles. The number of H-pyrrole nitrogens is 1. The molecule has 1 amide bonds. The normalized spacial score (nSPS) is 10.7. The summed E-state index contributed by atoms with van der Waals surface area (Å²) in [7, 11) is 1.61. The van der Waals surface area contributed by atoms with E-state index in [1.165, 1.54) is 0 Å². The molecule has 138 valence electrons. The third kappa shape index (κ3) is 4.72. The molecule has 3 rings (SSSR count). The lowest BCUT2D eigenvalue weighted by Gasteiger charge is -2.03. The minimum Gasteiger partial charge on any atom is -0.497 e. The van der Waals surface area contributed by atoms with Crippen molar-refractivity contribution in [3.63, 3.8) is 0 Å². The molecule has 7 heteroatoms. The Hall–Kier alpha value is -3.61. The van der Waals surface area contributed by atoms with E-state index < -0.39 is 0 Å². The predicted octanol–water partition coefficient (Wildman–Crippen LogP) is 3.25. The number of carbonyl (C=O) groups is 1. The molecular weight excluding hydrogens is 344 g/mol. The number of nitrogens with one attached hydrogen (secondary N) is 2. The monoisotopic (exact) mass is 364 g/mol. The molecule has 0 bridgehead atoms. The first-order chi connectivity index (χ1) is 13.2. The van der Waals surface area contributed by atoms with Crippen LogP contribution >= 0.6 is 0 Å². The Kier molecular flexibility index (Phi) is 5.84. The van der Waals surface area contributed by atoms with E-state index >= 15 is 0 Å². The lowest BCUT2D eigenvalue weighted by Crippen LogP contribution is -2.17. The Bertz CT molecular complexity index is 932. The fourth-order valence-corrected chi connectivity index (χ4v) is 2.41. The average molecular weight is 364 g/mol. The van der Waals surface area contributed by atoms with Gasteiger partial charge in [0.15, 0.2) is 0 Å². The van der Waals surface area contributed by atoms with Gasteiger partial charge in [0, 0.05) is 5.56 Å². The number of benzene rings is 2. The van der Waals surface area contributed by atoms with Gasteiger partial charge in [-0.1, -0.05) is 12.1 Å². The van der Waals surface area contributed by atoms with Crippen molar-refractivity contribution in [1.29, 1.82) is 0 Å². The number of methoxy groups -OCH3 is 1. The Morgan fingerprint density at radius 2 is 2.00 bits per heavy atom. The maximum Gasteiger partial charge on any atom is 0.289 e. The first kappa shape index (κ1) is 18.2. The summed E-state index contributed by atoms with van der Waals surface area (Å²) in [6, 6.07) is 16.5. The van der Waals surface area contributed by atoms with Crippen molar-refractivity contribution in [1.82, 2.24) is 15.6 Å². The zero-order valence-electron chi connectivity index (χ0n) is 15.1. The molecule has 1 heterocycles. The van der Waals surface area contributed by atoms with Gasteiger partial charge < -0.3 is 9.47 Å². The number of hydrogen-bond acceptors (Lipinski definition) is 5. The number of carbonyl (C=O) groups excluding carboxylic acids is 1. The molecule has 27 heavy (non-hydrogen) atoms. The molecular formula is C20H20N4O3. The highest BCUT2D eigenvalue weighted by Crippen LogP contribution is 2.22. The van der Waals surface area contributed by atoms with Gasteiger partial charge in [0.2, 0.25) is 0 Å². The molecule has 2 N–H and O–H groups in total. The van der Waals surface area contributed by atoms with Crippen LogP contribution in [-0.4, -0.2) is 36.0 Å². The van der Waals surface area contributed by atoms with E-state index in [0.717, 1.165) is 22.6 Å². The van der Waals surface area contributed by atoms with E-state index in [1.54, 1.807) is 19.4 Å². The minimum atomic E-state index is -0.375. The highest BCUT2D eigenvalue weighted by molar-refractivity contribution is 5.94. The van der Waals surface area contributed by atoms with Crippen LogP contribution < -0.4 is 14.9 Å². The molecule has 0 saturated heterocycles. The Morgan fingerprint density at radius 3 is 2.74 bits per heavy atom. The summed E-state index contributed by atoms with van der Waals surface area (Å²) in [6.45, 7) is 2.51. The highest BCUT2D eigenvalue weighted by atomic mass is 16.5. The molecule has 0 atom stereocenters. The smallest absolute Gasteiger partial charge is 0.289 e. The molecule has 0 aliphatic heterocycles. The van der Waals surface area contributed by atoms with Gasteiger partial charge in [-0.3, -0.25) is 9.89 Å². The molecule has 2 aromatic carbocycles. The zero-order valence-corrected chi connectivity index (χ0v) is 15.1. The zero-order chi connectivity index (χ0) is 19.1. The largest absolute Gasteiger partial charge is 0.497 e. The molecule has 1 aromatic heterocycles. The second-order valence-corrected chi connectivity index (χ2v) is 5.60. The summed E-state index contributed by atoms with van der Waals surface area (Å²) in [5.74, 6) is 1.14. The first-order valence-electron chi connectivity index (χ1n) is 8.45. The maximum absolute atomic E-state index is 12.2. The Balaban J connectivity index is 1.64. The molecule has 0 spiro atoms. The van der Waals surface area contributed by atoms with Crippen LogP contribution in [0.1, 0.15) is 23.0 Å². The molecule has 0 unspecified atom stereocenters. The Labute approximate surface area is 157 Å². The minimum absolute atomic E-state index is 0.318. The van der Waals surface area contributed by atoms with Gasteiger partial charge in [-0.15, -0.1) is 0 Å². The summed E-state index contributed by atoms with van der Waals surface area (Å²) in [6.07, 6.45) is 1.56. The lowest BCUT2D eigenvalue weighted by atomic mass is 10.1. The summed E-state index contributed by atoms with van der Waals surface area (Å²) < 4.78 is 10.6. The number of hydrogen-bond donors (Lipinski definition) is 2. The van der Waals surface area contributed by atoms with Crippen molar-refractivity contribution < 1.29 is 14.3 Å². The summed E-state index contributed by atoms with van der Waals surface area (Å²) in [5, 5.41) is 10.9. The van der Waals surface area contributed by atoms with Gasteiger partial charge in [0.25, 0.3) is 5.91 Å². The fraction of sp³-hybridized carbons (Fsp3) is 0.150. The van der Waals surface area contributed by atoms with Gasteiger partial charge in [0.05, 0.1) is 25.6 Å². The maximum atomic E-state index is 12.2. The van der Waals surface area contributed by atoms with Crippen LogP contribution in [0.4, 0.5) is 0 Å². The number of aromatic amines is 1. The molecule has 0 saturated carbocycles. The van der Waals surface area contributed by atoms with Crippen LogP contribution in [0.25, 0.3) is 11.3 Å². The van der Waals surface area contributed by atoms with E-state index in [0.29, 0.717) is 18.0 Å². The number of amides is 1. The van der Waals surface area contributed by atoms with Crippen LogP contribution in [-0.2, 0) is 0 Å². The van der Waals surface area contributed by atoms with Gasteiger partial charge in [-0.25, -0.2) is 5.43 Å². The first-order valence-corrected chi connectivity index (χ1v) is 8.45. The number of aromatic nitrogens is 2. The standard InChI is InChI=1S/C20H20N4O3/c1-3-27-17-6-4-5-15(11-17)18-12-19(23-22-18)20(25)24-21-13-14-7-9-16(26-2)10-8-14/h4-13H,3H2,1-2H3,(H,22,23)(H,24,25)/b21-13+. The average Bonchev–Trinajstić information content (AvgIpc) is 3.19. The van der Waals surface area contributed by atoms with Crippen LogP contribution in [0.3, 0.4) is 0 Å². The van der Waals surface area contributed by atoms with Crippen LogP contribution in [0, 0.1) is 0 Å². The SMILES string of the molecule is CCOc1cccc(-c2cc(C(=O)N/N=C/c3ccc(OC)cc3)[nH]n2)c1. The van der Waals surface area contributed by atoms with E-state index in [4.69, 9.17) is 9.47 Å². The van der Waals surface area contributed by atoms with Gasteiger partial charge in [-0.2, -0.15) is 10.2 Å². The number of rotatable bonds is 7. The molecule has 7 nitrogen and oxygen atoms in total. The van der Waals surface area contributed by atoms with E-state index in [1.807, 2.05) is 55.5 Å². The summed E-state index contributed by atoms with van der Waals surface area (Å²) in [5.41, 5.74) is 5.15. The molecule has 0 radical (unpaired) electrons. The summed E-state index contributed by atoms with van der Waals surface area (Å²) in [4.78, 5) is 12.2. The Morgan fingerprint density at radius 1 is 1.19 bits per heavy atom. The fourth-order valence-electron chi connectivity index (χ4n) is 2.41. The van der Waals surface area contributed by atoms with Crippen LogP contribution in [0.5, 0.6) is 11.5 Å². The van der Waals surface area contributed by atoms with Crippen LogP contribution in [0.15, 0.2) is 59.7 Å². The molecule has 3 aromatic rings. The number of nitrogens with zero attached hydrogens (tertiary/aromatic N) is 2. The van der Waals surface area contributed by atoms with E-state index in [9.17, 15) is 4.79 Å². The molecule has 0 fully saturated rings. The lowest BCUT2D eigenvalue weighted by molar-refractivity contribution is 0.0950. The number of hydrazone groups is 1. The van der Waals surface area contributed by atoms with Crippen molar-refractivity contribution >= 4 is 12.1 Å². The second-order valence-electron chi connectivity index (χ2n) is 5.60.